The zero-order chi connectivity index (χ0) is 23.5. The van der Waals surface area contributed by atoms with Crippen LogP contribution in [0.3, 0.4) is 0 Å². The number of benzene rings is 2. The summed E-state index contributed by atoms with van der Waals surface area (Å²) in [4.78, 5) is 20.2. The lowest BCUT2D eigenvalue weighted by atomic mass is 9.93. The first kappa shape index (κ1) is 21.7. The van der Waals surface area contributed by atoms with Crippen LogP contribution < -0.4 is 10.6 Å². The average Bonchev–Trinajstić information content (AvgIpc) is 3.47. The van der Waals surface area contributed by atoms with Crippen molar-refractivity contribution in [2.45, 2.75) is 19.5 Å². The van der Waals surface area contributed by atoms with E-state index in [0.29, 0.717) is 6.54 Å². The molecule has 2 aromatic heterocycles. The minimum atomic E-state index is -0.227. The van der Waals surface area contributed by atoms with E-state index in [-0.39, 0.29) is 12.1 Å². The Labute approximate surface area is 199 Å². The van der Waals surface area contributed by atoms with Gasteiger partial charge in [0.2, 0.25) is 0 Å². The van der Waals surface area contributed by atoms with Gasteiger partial charge in [-0.3, -0.25) is 0 Å². The molecule has 0 fully saturated rings. The highest BCUT2D eigenvalue weighted by Gasteiger charge is 2.32. The van der Waals surface area contributed by atoms with Crippen LogP contribution in [0.5, 0.6) is 0 Å². The fraction of sp³-hybridized carbons (Fsp3) is 0.185. The van der Waals surface area contributed by atoms with Crippen LogP contribution in [0.15, 0.2) is 85.3 Å². The minimum absolute atomic E-state index is 0.00887. The molecule has 0 saturated heterocycles. The van der Waals surface area contributed by atoms with Crippen molar-refractivity contribution in [1.82, 2.24) is 25.3 Å². The molecule has 1 unspecified atom stereocenters. The number of likely N-dealkylation sites (N-methyl/N-ethyl adjacent to an activating group) is 1. The van der Waals surface area contributed by atoms with Crippen molar-refractivity contribution in [2.75, 3.05) is 18.9 Å². The third-order valence-corrected chi connectivity index (χ3v) is 6.21. The standard InChI is InChI=1S/C27H28N6O/c1-3-33-18-24(22-12-14-28-26-23(22)13-15-29-26)25(32(33)2)20-10-7-11-21(16-20)31-27(34)30-17-19-8-5-4-6-9-19/h4-16,18,25H,3,17H2,1-2H3,(H,28,29)(H2,30,31,34). The van der Waals surface area contributed by atoms with Crippen LogP contribution in [0.25, 0.3) is 16.6 Å². The van der Waals surface area contributed by atoms with Gasteiger partial charge in [0.15, 0.2) is 0 Å². The Balaban J connectivity index is 1.40. The topological polar surface area (TPSA) is 76.3 Å². The molecule has 0 saturated carbocycles. The average molecular weight is 453 g/mol. The molecule has 0 radical (unpaired) electrons. The second-order valence-electron chi connectivity index (χ2n) is 8.33. The first-order valence-corrected chi connectivity index (χ1v) is 11.5. The van der Waals surface area contributed by atoms with Gasteiger partial charge in [-0.25, -0.2) is 14.8 Å². The predicted octanol–water partition coefficient (Wildman–Crippen LogP) is 5.15. The molecule has 0 bridgehead atoms. The van der Waals surface area contributed by atoms with E-state index in [4.69, 9.17) is 0 Å². The van der Waals surface area contributed by atoms with Crippen LogP contribution in [-0.4, -0.2) is 39.6 Å². The minimum Gasteiger partial charge on any atom is -0.346 e. The Kier molecular flexibility index (Phi) is 6.01. The summed E-state index contributed by atoms with van der Waals surface area (Å²) in [5.74, 6) is 0. The first-order valence-electron chi connectivity index (χ1n) is 11.5. The van der Waals surface area contributed by atoms with Gasteiger partial charge in [-0.05, 0) is 47.9 Å². The number of fused-ring (bicyclic) bond motifs is 1. The molecule has 0 spiro atoms. The number of carbonyl (C=O) groups is 1. The van der Waals surface area contributed by atoms with Gasteiger partial charge in [0.1, 0.15) is 5.65 Å². The number of aromatic amines is 1. The number of anilines is 1. The van der Waals surface area contributed by atoms with Crippen molar-refractivity contribution >= 4 is 28.3 Å². The van der Waals surface area contributed by atoms with Gasteiger partial charge in [-0.1, -0.05) is 42.5 Å². The number of rotatable bonds is 6. The molecular formula is C27H28N6O. The van der Waals surface area contributed by atoms with Gasteiger partial charge in [0, 0.05) is 55.4 Å². The SMILES string of the molecule is CCN1C=C(c2ccnc3[nH]ccc23)C(c2cccc(NC(=O)NCc3ccccc3)c2)N1C. The summed E-state index contributed by atoms with van der Waals surface area (Å²) >= 11 is 0. The summed E-state index contributed by atoms with van der Waals surface area (Å²) < 4.78 is 0. The highest BCUT2D eigenvalue weighted by Crippen LogP contribution is 2.42. The van der Waals surface area contributed by atoms with Crippen LogP contribution in [0.4, 0.5) is 10.5 Å². The fourth-order valence-corrected chi connectivity index (χ4v) is 4.55. The molecule has 34 heavy (non-hydrogen) atoms. The Bertz CT molecular complexity index is 1330. The highest BCUT2D eigenvalue weighted by atomic mass is 16.2. The van der Waals surface area contributed by atoms with Crippen molar-refractivity contribution in [1.29, 1.82) is 0 Å². The number of pyridine rings is 1. The molecule has 1 aliphatic heterocycles. The second kappa shape index (κ2) is 9.41. The molecule has 5 rings (SSSR count). The number of nitrogens with one attached hydrogen (secondary N) is 3. The Morgan fingerprint density at radius 3 is 2.76 bits per heavy atom. The van der Waals surface area contributed by atoms with E-state index < -0.39 is 0 Å². The van der Waals surface area contributed by atoms with Crippen molar-refractivity contribution in [3.63, 3.8) is 0 Å². The molecule has 2 aromatic carbocycles. The van der Waals surface area contributed by atoms with Crippen LogP contribution >= 0.6 is 0 Å². The van der Waals surface area contributed by atoms with E-state index in [1.807, 2.05) is 60.9 Å². The number of hydrazine groups is 1. The lowest BCUT2D eigenvalue weighted by molar-refractivity contribution is 0.0529. The summed E-state index contributed by atoms with van der Waals surface area (Å²) in [6, 6.07) is 21.8. The number of amides is 2. The number of H-pyrrole nitrogens is 1. The van der Waals surface area contributed by atoms with Crippen molar-refractivity contribution in [3.8, 4) is 0 Å². The smallest absolute Gasteiger partial charge is 0.319 e. The molecule has 2 amide bonds. The normalized spacial score (nSPS) is 16.0. The summed E-state index contributed by atoms with van der Waals surface area (Å²) in [5, 5.41) is 11.5. The van der Waals surface area contributed by atoms with Crippen molar-refractivity contribution in [2.24, 2.45) is 0 Å². The number of nitrogens with zero attached hydrogens (tertiary/aromatic N) is 3. The van der Waals surface area contributed by atoms with E-state index in [1.165, 1.54) is 5.57 Å². The van der Waals surface area contributed by atoms with Gasteiger partial charge in [0.25, 0.3) is 0 Å². The van der Waals surface area contributed by atoms with Gasteiger partial charge in [0.05, 0.1) is 6.04 Å². The van der Waals surface area contributed by atoms with Gasteiger partial charge in [-0.2, -0.15) is 0 Å². The first-order chi connectivity index (χ1) is 16.6. The summed E-state index contributed by atoms with van der Waals surface area (Å²) in [5.41, 5.74) is 6.14. The van der Waals surface area contributed by atoms with Crippen molar-refractivity contribution in [3.05, 3.63) is 102 Å². The maximum Gasteiger partial charge on any atom is 0.319 e. The van der Waals surface area contributed by atoms with Crippen LogP contribution in [0.1, 0.15) is 29.7 Å². The maximum absolute atomic E-state index is 12.5. The predicted molar refractivity (Wildman–Crippen MR) is 136 cm³/mol. The molecule has 1 atom stereocenters. The Morgan fingerprint density at radius 2 is 1.94 bits per heavy atom. The largest absolute Gasteiger partial charge is 0.346 e. The second-order valence-corrected chi connectivity index (χ2v) is 8.33. The zero-order valence-electron chi connectivity index (χ0n) is 19.3. The van der Waals surface area contributed by atoms with Gasteiger partial charge < -0.3 is 20.6 Å². The number of urea groups is 1. The molecule has 1 aliphatic rings. The van der Waals surface area contributed by atoms with Gasteiger partial charge >= 0.3 is 6.03 Å². The number of hydrogen-bond donors (Lipinski definition) is 3. The van der Waals surface area contributed by atoms with Gasteiger partial charge in [-0.15, -0.1) is 0 Å². The molecule has 3 heterocycles. The highest BCUT2D eigenvalue weighted by molar-refractivity contribution is 5.92. The number of hydrogen-bond acceptors (Lipinski definition) is 4. The quantitative estimate of drug-likeness (QED) is 0.378. The lowest BCUT2D eigenvalue weighted by Crippen LogP contribution is -2.33. The third-order valence-electron chi connectivity index (χ3n) is 6.21. The van der Waals surface area contributed by atoms with Crippen LogP contribution in [0, 0.1) is 0 Å². The fourth-order valence-electron chi connectivity index (χ4n) is 4.55. The molecule has 7 nitrogen and oxygen atoms in total. The van der Waals surface area contributed by atoms with Crippen LogP contribution in [0.2, 0.25) is 0 Å². The summed E-state index contributed by atoms with van der Waals surface area (Å²) in [6.07, 6.45) is 5.97. The summed E-state index contributed by atoms with van der Waals surface area (Å²) in [6.45, 7) is 3.48. The monoisotopic (exact) mass is 452 g/mol. The lowest BCUT2D eigenvalue weighted by Gasteiger charge is -2.30. The van der Waals surface area contributed by atoms with Crippen molar-refractivity contribution < 1.29 is 4.79 Å². The molecule has 4 aromatic rings. The molecular weight excluding hydrogens is 424 g/mol. The van der Waals surface area contributed by atoms with E-state index in [2.05, 4.69) is 69.0 Å². The number of carbonyl (C=O) groups excluding carboxylic acids is 1. The van der Waals surface area contributed by atoms with E-state index >= 15 is 0 Å². The number of aromatic nitrogens is 2. The summed E-state index contributed by atoms with van der Waals surface area (Å²) in [7, 11) is 2.10. The molecule has 3 N–H and O–H groups in total. The van der Waals surface area contributed by atoms with E-state index in [0.717, 1.165) is 40.0 Å². The van der Waals surface area contributed by atoms with Crippen LogP contribution in [-0.2, 0) is 6.54 Å². The maximum atomic E-state index is 12.5. The van der Waals surface area contributed by atoms with E-state index in [1.54, 1.807) is 0 Å². The zero-order valence-corrected chi connectivity index (χ0v) is 19.3. The molecule has 7 heteroatoms. The Hall–Kier alpha value is -4.10. The molecule has 0 aliphatic carbocycles. The van der Waals surface area contributed by atoms with E-state index in [9.17, 15) is 4.79 Å². The molecule has 172 valence electrons. The Morgan fingerprint density at radius 1 is 1.09 bits per heavy atom. The third kappa shape index (κ3) is 4.25.